The standard InChI is InChI=1S/C27H16BNS2/c1-15-13-20-24-23(14-15)30-22-12-5-3-9-18(22)28(24)19-10-6-8-17-25(19)29(20)26-16-7-2-4-11-21(16)31-27(17)26/h2-14H,1H3. The van der Waals surface area contributed by atoms with Crippen molar-refractivity contribution < 1.29 is 0 Å². The summed E-state index contributed by atoms with van der Waals surface area (Å²) in [6, 6.07) is 29.6. The lowest BCUT2D eigenvalue weighted by molar-refractivity contribution is 1.17. The molecule has 0 amide bonds. The molecule has 4 heterocycles. The summed E-state index contributed by atoms with van der Waals surface area (Å²) in [5, 5.41) is 2.75. The SMILES string of the molecule is Cc1cc2c3c(c1)-n1c4c(cccc4c4sc5ccccc5c41)B3c1ccccc1S2. The van der Waals surface area contributed by atoms with Crippen LogP contribution in [0.1, 0.15) is 5.56 Å². The highest BCUT2D eigenvalue weighted by Crippen LogP contribution is 2.44. The molecule has 2 aliphatic heterocycles. The number of fused-ring (bicyclic) bond motifs is 9. The fourth-order valence-electron chi connectivity index (χ4n) is 5.73. The van der Waals surface area contributed by atoms with Crippen LogP contribution in [0.2, 0.25) is 0 Å². The molecule has 0 bridgehead atoms. The second-order valence-corrected chi connectivity index (χ2v) is 10.8. The van der Waals surface area contributed by atoms with Crippen LogP contribution in [0.5, 0.6) is 0 Å². The fourth-order valence-corrected chi connectivity index (χ4v) is 8.21. The summed E-state index contributed by atoms with van der Waals surface area (Å²) in [7, 11) is 0. The van der Waals surface area contributed by atoms with Crippen LogP contribution >= 0.6 is 23.1 Å². The molecule has 0 spiro atoms. The summed E-state index contributed by atoms with van der Waals surface area (Å²) < 4.78 is 5.36. The van der Waals surface area contributed by atoms with Crippen LogP contribution in [0.3, 0.4) is 0 Å². The predicted octanol–water partition coefficient (Wildman–Crippen LogP) is 5.60. The Morgan fingerprint density at radius 1 is 0.742 bits per heavy atom. The molecule has 144 valence electrons. The van der Waals surface area contributed by atoms with Crippen molar-refractivity contribution in [2.75, 3.05) is 0 Å². The molecule has 0 aliphatic carbocycles. The summed E-state index contributed by atoms with van der Waals surface area (Å²) in [5.74, 6) is 0. The van der Waals surface area contributed by atoms with Crippen molar-refractivity contribution in [3.63, 3.8) is 0 Å². The second kappa shape index (κ2) is 5.64. The fraction of sp³-hybridized carbons (Fsp3) is 0.0370. The molecule has 4 aromatic carbocycles. The minimum atomic E-state index is 0.300. The molecule has 0 radical (unpaired) electrons. The molecule has 0 saturated carbocycles. The van der Waals surface area contributed by atoms with Crippen molar-refractivity contribution in [3.8, 4) is 5.69 Å². The largest absolute Gasteiger partial charge is 0.309 e. The molecule has 4 heteroatoms. The van der Waals surface area contributed by atoms with Crippen LogP contribution in [0, 0.1) is 6.92 Å². The monoisotopic (exact) mass is 429 g/mol. The van der Waals surface area contributed by atoms with Gasteiger partial charge in [0.05, 0.1) is 15.7 Å². The van der Waals surface area contributed by atoms with Crippen LogP contribution in [0.25, 0.3) is 36.9 Å². The predicted molar refractivity (Wildman–Crippen MR) is 136 cm³/mol. The average Bonchev–Trinajstić information content (AvgIpc) is 3.32. The molecule has 2 aliphatic rings. The van der Waals surface area contributed by atoms with Gasteiger partial charge in [-0.15, -0.1) is 11.3 Å². The molecule has 0 N–H and O–H groups in total. The first-order valence-electron chi connectivity index (χ1n) is 10.7. The molecule has 1 nitrogen and oxygen atoms in total. The normalized spacial score (nSPS) is 13.8. The maximum atomic E-state index is 2.58. The zero-order chi connectivity index (χ0) is 20.3. The zero-order valence-corrected chi connectivity index (χ0v) is 18.5. The van der Waals surface area contributed by atoms with Crippen molar-refractivity contribution in [1.82, 2.24) is 4.57 Å². The van der Waals surface area contributed by atoms with Gasteiger partial charge < -0.3 is 4.57 Å². The highest BCUT2D eigenvalue weighted by Gasteiger charge is 2.39. The average molecular weight is 429 g/mol. The van der Waals surface area contributed by atoms with Crippen molar-refractivity contribution >= 4 is 77.4 Å². The number of para-hydroxylation sites is 1. The Labute approximate surface area is 188 Å². The van der Waals surface area contributed by atoms with E-state index in [2.05, 4.69) is 90.4 Å². The number of aryl methyl sites for hydroxylation is 1. The van der Waals surface area contributed by atoms with Crippen LogP contribution in [0.15, 0.2) is 88.7 Å². The number of hydrogen-bond donors (Lipinski definition) is 0. The second-order valence-electron chi connectivity index (χ2n) is 8.62. The molecule has 2 aromatic heterocycles. The van der Waals surface area contributed by atoms with Gasteiger partial charge in [0.2, 0.25) is 6.71 Å². The van der Waals surface area contributed by atoms with E-state index >= 15 is 0 Å². The van der Waals surface area contributed by atoms with Gasteiger partial charge in [-0.05, 0) is 47.7 Å². The van der Waals surface area contributed by atoms with Gasteiger partial charge in [0.25, 0.3) is 0 Å². The first kappa shape index (κ1) is 16.7. The Bertz CT molecular complexity index is 1740. The van der Waals surface area contributed by atoms with Gasteiger partial charge in [-0.3, -0.25) is 0 Å². The molecular formula is C27H16BNS2. The Hall–Kier alpha value is -2.95. The topological polar surface area (TPSA) is 4.93 Å². The molecule has 8 rings (SSSR count). The van der Waals surface area contributed by atoms with Gasteiger partial charge >= 0.3 is 0 Å². The Balaban J connectivity index is 1.66. The molecule has 0 unspecified atom stereocenters. The number of thiophene rings is 1. The van der Waals surface area contributed by atoms with E-state index in [9.17, 15) is 0 Å². The Morgan fingerprint density at radius 2 is 1.55 bits per heavy atom. The molecule has 0 fully saturated rings. The maximum Gasteiger partial charge on any atom is 0.249 e. The summed E-state index contributed by atoms with van der Waals surface area (Å²) >= 11 is 3.86. The number of hydrogen-bond acceptors (Lipinski definition) is 2. The molecule has 0 atom stereocenters. The van der Waals surface area contributed by atoms with Gasteiger partial charge in [0.15, 0.2) is 0 Å². The van der Waals surface area contributed by atoms with E-state index in [1.165, 1.54) is 68.6 Å². The Morgan fingerprint density at radius 3 is 2.52 bits per heavy atom. The van der Waals surface area contributed by atoms with Crippen molar-refractivity contribution in [2.45, 2.75) is 16.7 Å². The lowest BCUT2D eigenvalue weighted by Crippen LogP contribution is -2.58. The summed E-state index contributed by atoms with van der Waals surface area (Å²) in [5.41, 5.74) is 9.82. The third kappa shape index (κ3) is 1.96. The minimum absolute atomic E-state index is 0.300. The molecular weight excluding hydrogens is 413 g/mol. The van der Waals surface area contributed by atoms with E-state index in [4.69, 9.17) is 0 Å². The van der Waals surface area contributed by atoms with Gasteiger partial charge in [-0.25, -0.2) is 0 Å². The van der Waals surface area contributed by atoms with Gasteiger partial charge in [-0.1, -0.05) is 71.8 Å². The van der Waals surface area contributed by atoms with Crippen molar-refractivity contribution in [2.24, 2.45) is 0 Å². The summed E-state index contributed by atoms with van der Waals surface area (Å²) in [6.45, 7) is 2.53. The van der Waals surface area contributed by atoms with E-state index in [0.29, 0.717) is 6.71 Å². The third-order valence-corrected chi connectivity index (χ3v) is 9.23. The Kier molecular flexibility index (Phi) is 3.04. The lowest BCUT2D eigenvalue weighted by atomic mass is 9.35. The number of nitrogens with zero attached hydrogens (tertiary/aromatic N) is 1. The van der Waals surface area contributed by atoms with Crippen molar-refractivity contribution in [1.29, 1.82) is 0 Å². The van der Waals surface area contributed by atoms with Gasteiger partial charge in [-0.2, -0.15) is 0 Å². The van der Waals surface area contributed by atoms with Gasteiger partial charge in [0.1, 0.15) is 0 Å². The third-order valence-electron chi connectivity index (χ3n) is 6.88. The van der Waals surface area contributed by atoms with Crippen molar-refractivity contribution in [3.05, 3.63) is 84.4 Å². The number of benzene rings is 4. The summed E-state index contributed by atoms with van der Waals surface area (Å²) in [4.78, 5) is 2.79. The first-order valence-corrected chi connectivity index (χ1v) is 12.3. The van der Waals surface area contributed by atoms with E-state index < -0.39 is 0 Å². The van der Waals surface area contributed by atoms with E-state index in [-0.39, 0.29) is 0 Å². The van der Waals surface area contributed by atoms with Crippen LogP contribution in [-0.2, 0) is 0 Å². The number of aromatic nitrogens is 1. The lowest BCUT2D eigenvalue weighted by Gasteiger charge is -2.33. The van der Waals surface area contributed by atoms with Crippen LogP contribution in [0.4, 0.5) is 0 Å². The molecule has 6 aromatic rings. The smallest absolute Gasteiger partial charge is 0.249 e. The maximum absolute atomic E-state index is 2.58. The van der Waals surface area contributed by atoms with E-state index in [0.717, 1.165) is 0 Å². The van der Waals surface area contributed by atoms with Gasteiger partial charge in [0, 0.05) is 31.0 Å². The quantitative estimate of drug-likeness (QED) is 0.284. The zero-order valence-electron chi connectivity index (χ0n) is 16.8. The summed E-state index contributed by atoms with van der Waals surface area (Å²) in [6.07, 6.45) is 0. The van der Waals surface area contributed by atoms with E-state index in [1.807, 2.05) is 23.1 Å². The number of rotatable bonds is 0. The highest BCUT2D eigenvalue weighted by molar-refractivity contribution is 8.00. The minimum Gasteiger partial charge on any atom is -0.309 e. The molecule has 0 saturated heterocycles. The highest BCUT2D eigenvalue weighted by atomic mass is 32.2. The molecule has 31 heavy (non-hydrogen) atoms. The van der Waals surface area contributed by atoms with E-state index in [1.54, 1.807) is 0 Å². The first-order chi connectivity index (χ1) is 15.3. The van der Waals surface area contributed by atoms with Crippen LogP contribution in [-0.4, -0.2) is 11.3 Å². The van der Waals surface area contributed by atoms with Crippen LogP contribution < -0.4 is 16.4 Å².